The molecule has 0 aliphatic carbocycles. The van der Waals surface area contributed by atoms with Gasteiger partial charge in [0, 0.05) is 0 Å². The molecular formula is C32H24ClNO2. The zero-order chi connectivity index (χ0) is 24.9. The van der Waals surface area contributed by atoms with E-state index in [9.17, 15) is 5.26 Å². The molecule has 4 heteroatoms. The number of benzene rings is 5. The van der Waals surface area contributed by atoms with E-state index in [0.29, 0.717) is 35.3 Å². The average Bonchev–Trinajstić information content (AvgIpc) is 2.91. The van der Waals surface area contributed by atoms with Gasteiger partial charge in [-0.2, -0.15) is 5.26 Å². The molecule has 0 saturated carbocycles. The maximum atomic E-state index is 9.90. The monoisotopic (exact) mass is 489 g/mol. The summed E-state index contributed by atoms with van der Waals surface area (Å²) in [5, 5.41) is 14.9. The molecule has 5 aromatic carbocycles. The van der Waals surface area contributed by atoms with Crippen LogP contribution in [0.2, 0.25) is 5.02 Å². The van der Waals surface area contributed by atoms with E-state index in [1.165, 1.54) is 0 Å². The van der Waals surface area contributed by atoms with Gasteiger partial charge in [0.15, 0.2) is 11.5 Å². The summed E-state index contributed by atoms with van der Waals surface area (Å²) in [5.74, 6) is 1.04. The highest BCUT2D eigenvalue weighted by molar-refractivity contribution is 6.32. The molecule has 0 fully saturated rings. The molecule has 0 unspecified atom stereocenters. The van der Waals surface area contributed by atoms with Gasteiger partial charge in [-0.25, -0.2) is 0 Å². The number of allylic oxidation sites excluding steroid dienone is 1. The molecule has 0 saturated heterocycles. The van der Waals surface area contributed by atoms with Gasteiger partial charge in [0.2, 0.25) is 0 Å². The van der Waals surface area contributed by atoms with Crippen molar-refractivity contribution < 1.29 is 9.47 Å². The molecule has 5 aromatic rings. The van der Waals surface area contributed by atoms with Crippen molar-refractivity contribution in [2.24, 2.45) is 0 Å². The number of rotatable bonds is 7. The van der Waals surface area contributed by atoms with Gasteiger partial charge in [-0.15, -0.1) is 0 Å². The number of nitriles is 1. The van der Waals surface area contributed by atoms with Gasteiger partial charge in [0.25, 0.3) is 0 Å². The molecule has 36 heavy (non-hydrogen) atoms. The van der Waals surface area contributed by atoms with Crippen molar-refractivity contribution in [3.8, 4) is 17.6 Å². The minimum absolute atomic E-state index is 0.358. The zero-order valence-electron chi connectivity index (χ0n) is 19.9. The van der Waals surface area contributed by atoms with Crippen LogP contribution in [0.5, 0.6) is 11.5 Å². The van der Waals surface area contributed by atoms with E-state index < -0.39 is 0 Å². The molecule has 0 spiro atoms. The number of nitrogens with zero attached hydrogens (tertiary/aromatic N) is 1. The Morgan fingerprint density at radius 3 is 2.39 bits per heavy atom. The zero-order valence-corrected chi connectivity index (χ0v) is 20.6. The van der Waals surface area contributed by atoms with E-state index >= 15 is 0 Å². The highest BCUT2D eigenvalue weighted by Gasteiger charge is 2.14. The minimum atomic E-state index is 0.358. The maximum absolute atomic E-state index is 9.90. The Labute approximate surface area is 215 Å². The van der Waals surface area contributed by atoms with E-state index in [4.69, 9.17) is 21.1 Å². The first-order valence-electron chi connectivity index (χ1n) is 11.8. The number of ether oxygens (including phenoxy) is 2. The van der Waals surface area contributed by atoms with Crippen molar-refractivity contribution >= 4 is 44.8 Å². The first-order chi connectivity index (χ1) is 17.7. The Hall–Kier alpha value is -4.26. The van der Waals surface area contributed by atoms with Crippen molar-refractivity contribution in [1.29, 1.82) is 5.26 Å². The van der Waals surface area contributed by atoms with Crippen molar-refractivity contribution in [3.63, 3.8) is 0 Å². The van der Waals surface area contributed by atoms with Gasteiger partial charge in [0.1, 0.15) is 6.61 Å². The summed E-state index contributed by atoms with van der Waals surface area (Å²) in [4.78, 5) is 0. The fraction of sp³-hybridized carbons (Fsp3) is 0.0938. The van der Waals surface area contributed by atoms with Crippen molar-refractivity contribution in [3.05, 3.63) is 119 Å². The van der Waals surface area contributed by atoms with Crippen LogP contribution in [0.25, 0.3) is 33.2 Å². The third-order valence-electron chi connectivity index (χ3n) is 6.08. The SMILES string of the molecule is CCOc1cc(C=C(C#N)c2ccc3ccccc3c2)cc(Cl)c1OCc1cccc2ccccc12. The van der Waals surface area contributed by atoms with Crippen LogP contribution >= 0.6 is 11.6 Å². The Balaban J connectivity index is 1.47. The topological polar surface area (TPSA) is 42.2 Å². The fourth-order valence-corrected chi connectivity index (χ4v) is 4.62. The van der Waals surface area contributed by atoms with Gasteiger partial charge in [-0.3, -0.25) is 0 Å². The Morgan fingerprint density at radius 1 is 0.833 bits per heavy atom. The molecule has 0 aliphatic rings. The number of hydrogen-bond acceptors (Lipinski definition) is 3. The number of fused-ring (bicyclic) bond motifs is 2. The largest absolute Gasteiger partial charge is 0.490 e. The molecule has 5 rings (SSSR count). The van der Waals surface area contributed by atoms with E-state index in [-0.39, 0.29) is 0 Å². The standard InChI is InChI=1S/C32H24ClNO2/c1-2-35-31-18-22(16-28(20-34)26-15-14-23-8-3-4-10-25(23)19-26)17-30(33)32(31)36-21-27-12-7-11-24-9-5-6-13-29(24)27/h3-19H,2,21H2,1H3. The predicted octanol–water partition coefficient (Wildman–Crippen LogP) is 8.69. The summed E-state index contributed by atoms with van der Waals surface area (Å²) >= 11 is 6.69. The van der Waals surface area contributed by atoms with Crippen LogP contribution in [0, 0.1) is 11.3 Å². The van der Waals surface area contributed by atoms with Crippen LogP contribution in [0.4, 0.5) is 0 Å². The number of hydrogen-bond donors (Lipinski definition) is 0. The lowest BCUT2D eigenvalue weighted by molar-refractivity contribution is 0.270. The van der Waals surface area contributed by atoms with Crippen LogP contribution in [0.15, 0.2) is 97.1 Å². The Bertz CT molecular complexity index is 1630. The summed E-state index contributed by atoms with van der Waals surface area (Å²) in [7, 11) is 0. The van der Waals surface area contributed by atoms with Gasteiger partial charge in [-0.1, -0.05) is 90.5 Å². The summed E-state index contributed by atoms with van der Waals surface area (Å²) in [6, 6.07) is 34.5. The predicted molar refractivity (Wildman–Crippen MR) is 148 cm³/mol. The van der Waals surface area contributed by atoms with Gasteiger partial charge in [0.05, 0.1) is 23.3 Å². The van der Waals surface area contributed by atoms with Gasteiger partial charge in [-0.05, 0) is 69.4 Å². The summed E-state index contributed by atoms with van der Waals surface area (Å²) in [5.41, 5.74) is 3.23. The number of halogens is 1. The summed E-state index contributed by atoms with van der Waals surface area (Å²) in [6.45, 7) is 2.74. The molecule has 0 bridgehead atoms. The van der Waals surface area contributed by atoms with E-state index in [2.05, 4.69) is 36.4 Å². The molecule has 0 heterocycles. The first-order valence-corrected chi connectivity index (χ1v) is 12.2. The molecule has 0 aliphatic heterocycles. The van der Waals surface area contributed by atoms with E-state index in [0.717, 1.165) is 38.2 Å². The molecular weight excluding hydrogens is 466 g/mol. The van der Waals surface area contributed by atoms with Crippen LogP contribution in [-0.2, 0) is 6.61 Å². The normalized spacial score (nSPS) is 11.4. The lowest BCUT2D eigenvalue weighted by atomic mass is 10.00. The molecule has 0 N–H and O–H groups in total. The van der Waals surface area contributed by atoms with Crippen molar-refractivity contribution in [2.75, 3.05) is 6.61 Å². The second kappa shape index (κ2) is 10.6. The lowest BCUT2D eigenvalue weighted by Crippen LogP contribution is -2.01. The van der Waals surface area contributed by atoms with Gasteiger partial charge < -0.3 is 9.47 Å². The summed E-state index contributed by atoms with van der Waals surface area (Å²) in [6.07, 6.45) is 1.83. The average molecular weight is 490 g/mol. The first kappa shape index (κ1) is 23.5. The Morgan fingerprint density at radius 2 is 1.58 bits per heavy atom. The minimum Gasteiger partial charge on any atom is -0.490 e. The quantitative estimate of drug-likeness (QED) is 0.169. The molecule has 0 atom stereocenters. The second-order valence-electron chi connectivity index (χ2n) is 8.42. The van der Waals surface area contributed by atoms with Crippen LogP contribution in [0.3, 0.4) is 0 Å². The highest BCUT2D eigenvalue weighted by atomic mass is 35.5. The van der Waals surface area contributed by atoms with Crippen LogP contribution in [-0.4, -0.2) is 6.61 Å². The van der Waals surface area contributed by atoms with Gasteiger partial charge >= 0.3 is 0 Å². The molecule has 3 nitrogen and oxygen atoms in total. The second-order valence-corrected chi connectivity index (χ2v) is 8.83. The maximum Gasteiger partial charge on any atom is 0.180 e. The molecule has 0 aromatic heterocycles. The van der Waals surface area contributed by atoms with Crippen LogP contribution in [0.1, 0.15) is 23.6 Å². The van der Waals surface area contributed by atoms with Crippen molar-refractivity contribution in [2.45, 2.75) is 13.5 Å². The summed E-state index contributed by atoms with van der Waals surface area (Å²) < 4.78 is 12.1. The Kier molecular flexibility index (Phi) is 6.89. The molecule has 176 valence electrons. The third kappa shape index (κ3) is 4.91. The fourth-order valence-electron chi connectivity index (χ4n) is 4.35. The third-order valence-corrected chi connectivity index (χ3v) is 6.36. The van der Waals surface area contributed by atoms with Crippen molar-refractivity contribution in [1.82, 2.24) is 0 Å². The lowest BCUT2D eigenvalue weighted by Gasteiger charge is -2.15. The smallest absolute Gasteiger partial charge is 0.180 e. The van der Waals surface area contributed by atoms with Crippen LogP contribution < -0.4 is 9.47 Å². The molecule has 0 amide bonds. The highest BCUT2D eigenvalue weighted by Crippen LogP contribution is 2.38. The molecule has 0 radical (unpaired) electrons. The van der Waals surface area contributed by atoms with E-state index in [1.807, 2.05) is 73.7 Å². The van der Waals surface area contributed by atoms with E-state index in [1.54, 1.807) is 6.07 Å².